The van der Waals surface area contributed by atoms with E-state index < -0.39 is 17.1 Å². The van der Waals surface area contributed by atoms with E-state index in [9.17, 15) is 14.7 Å². The summed E-state index contributed by atoms with van der Waals surface area (Å²) >= 11 is 0. The van der Waals surface area contributed by atoms with Gasteiger partial charge in [-0.25, -0.2) is 4.79 Å². The van der Waals surface area contributed by atoms with Gasteiger partial charge < -0.3 is 9.84 Å². The Bertz CT molecular complexity index is 1120. The number of carbonyl (C=O) groups excluding carboxylic acids is 2. The zero-order chi connectivity index (χ0) is 28.9. The van der Waals surface area contributed by atoms with E-state index in [4.69, 9.17) is 4.74 Å². The molecule has 4 aliphatic rings. The maximum absolute atomic E-state index is 13.8. The summed E-state index contributed by atoms with van der Waals surface area (Å²) < 4.78 is 5.84. The summed E-state index contributed by atoms with van der Waals surface area (Å²) in [7, 11) is 0. The highest BCUT2D eigenvalue weighted by Crippen LogP contribution is 2.67. The van der Waals surface area contributed by atoms with Crippen LogP contribution in [0.25, 0.3) is 0 Å². The molecular formula is C36H52O4. The molecule has 0 aromatic heterocycles. The van der Waals surface area contributed by atoms with E-state index in [0.29, 0.717) is 36.2 Å². The number of hydrogen-bond acceptors (Lipinski definition) is 4. The van der Waals surface area contributed by atoms with Crippen molar-refractivity contribution in [1.82, 2.24) is 0 Å². The third-order valence-electron chi connectivity index (χ3n) is 12.5. The number of ketones is 1. The molecule has 3 saturated carbocycles. The lowest BCUT2D eigenvalue weighted by Gasteiger charge is -2.60. The van der Waals surface area contributed by atoms with Crippen LogP contribution in [0.1, 0.15) is 116 Å². The standard InChI is InChI=1S/C36H52O4/c1-7-25(23(2)3)14-13-24(4)29-15-16-30-28-21-32(37)36(39)22-27(40-33(38)26-11-9-8-10-12-26)17-20-35(36,6)31(28)18-19-34(29,30)5/h8-12,21,23-25,27,29-31,39H,7,13-20,22H2,1-6H3/t24-,25-,27+,29-,30+,31+,34-,35-,36+/m1/s1. The fourth-order valence-electron chi connectivity index (χ4n) is 9.89. The number of carbonyl (C=O) groups is 2. The predicted molar refractivity (Wildman–Crippen MR) is 160 cm³/mol. The second-order valence-corrected chi connectivity index (χ2v) is 14.7. The Hall–Kier alpha value is -1.94. The average Bonchev–Trinajstić information content (AvgIpc) is 3.28. The first-order valence-corrected chi connectivity index (χ1v) is 16.2. The van der Waals surface area contributed by atoms with Crippen LogP contribution in [0.15, 0.2) is 42.0 Å². The van der Waals surface area contributed by atoms with Gasteiger partial charge in [-0.3, -0.25) is 4.79 Å². The highest BCUT2D eigenvalue weighted by Gasteiger charge is 2.65. The summed E-state index contributed by atoms with van der Waals surface area (Å²) in [5.41, 5.74) is 0.0718. The van der Waals surface area contributed by atoms with Crippen LogP contribution in [-0.4, -0.2) is 28.6 Å². The van der Waals surface area contributed by atoms with E-state index in [2.05, 4.69) is 41.5 Å². The normalized spacial score (nSPS) is 38.6. The molecule has 1 N–H and O–H groups in total. The number of aliphatic hydroxyl groups is 1. The van der Waals surface area contributed by atoms with Crippen LogP contribution in [0.3, 0.4) is 0 Å². The van der Waals surface area contributed by atoms with Crippen molar-refractivity contribution in [1.29, 1.82) is 0 Å². The number of esters is 1. The molecule has 4 heteroatoms. The number of hydrogen-bond donors (Lipinski definition) is 1. The quantitative estimate of drug-likeness (QED) is 0.333. The molecule has 9 atom stereocenters. The van der Waals surface area contributed by atoms with Gasteiger partial charge in [0.1, 0.15) is 11.7 Å². The van der Waals surface area contributed by atoms with Crippen LogP contribution in [-0.2, 0) is 9.53 Å². The van der Waals surface area contributed by atoms with Crippen molar-refractivity contribution in [3.63, 3.8) is 0 Å². The van der Waals surface area contributed by atoms with Crippen molar-refractivity contribution in [2.24, 2.45) is 46.3 Å². The average molecular weight is 549 g/mol. The number of rotatable bonds is 8. The van der Waals surface area contributed by atoms with Crippen LogP contribution in [0.4, 0.5) is 0 Å². The number of allylic oxidation sites excluding steroid dienone is 1. The van der Waals surface area contributed by atoms with Gasteiger partial charge in [-0.15, -0.1) is 0 Å². The Balaban J connectivity index is 1.33. The van der Waals surface area contributed by atoms with Gasteiger partial charge in [0.2, 0.25) is 0 Å². The predicted octanol–water partition coefficient (Wildman–Crippen LogP) is 8.18. The molecule has 4 nitrogen and oxygen atoms in total. The molecule has 0 spiro atoms. The molecule has 1 aromatic rings. The number of benzene rings is 1. The summed E-state index contributed by atoms with van der Waals surface area (Å²) in [6, 6.07) is 8.99. The first kappa shape index (κ1) is 29.5. The molecule has 4 aliphatic carbocycles. The smallest absolute Gasteiger partial charge is 0.338 e. The van der Waals surface area contributed by atoms with E-state index in [1.807, 2.05) is 24.3 Å². The van der Waals surface area contributed by atoms with Crippen LogP contribution >= 0.6 is 0 Å². The molecule has 0 saturated heterocycles. The Morgan fingerprint density at radius 3 is 2.40 bits per heavy atom. The van der Waals surface area contributed by atoms with Gasteiger partial charge in [0, 0.05) is 11.8 Å². The fraction of sp³-hybridized carbons (Fsp3) is 0.722. The second kappa shape index (κ2) is 11.0. The summed E-state index contributed by atoms with van der Waals surface area (Å²) in [5.74, 6) is 3.06. The summed E-state index contributed by atoms with van der Waals surface area (Å²) in [6.07, 6.45) is 11.5. The Kier molecular flexibility index (Phi) is 8.16. The maximum Gasteiger partial charge on any atom is 0.338 e. The minimum absolute atomic E-state index is 0.162. The summed E-state index contributed by atoms with van der Waals surface area (Å²) in [4.78, 5) is 26.6. The minimum Gasteiger partial charge on any atom is -0.459 e. The van der Waals surface area contributed by atoms with Gasteiger partial charge in [0.05, 0.1) is 5.56 Å². The summed E-state index contributed by atoms with van der Waals surface area (Å²) in [6.45, 7) is 14.2. The molecule has 0 unspecified atom stereocenters. The van der Waals surface area contributed by atoms with E-state index in [-0.39, 0.29) is 29.5 Å². The van der Waals surface area contributed by atoms with E-state index in [0.717, 1.165) is 24.7 Å². The molecule has 0 aliphatic heterocycles. The highest BCUT2D eigenvalue weighted by atomic mass is 16.5. The molecule has 0 bridgehead atoms. The van der Waals surface area contributed by atoms with Crippen LogP contribution in [0.5, 0.6) is 0 Å². The molecular weight excluding hydrogens is 496 g/mol. The fourth-order valence-corrected chi connectivity index (χ4v) is 9.89. The van der Waals surface area contributed by atoms with Crippen molar-refractivity contribution in [2.45, 2.75) is 117 Å². The number of fused-ring (bicyclic) bond motifs is 5. The molecule has 5 rings (SSSR count). The minimum atomic E-state index is -1.48. The Morgan fingerprint density at radius 1 is 1.00 bits per heavy atom. The van der Waals surface area contributed by atoms with Gasteiger partial charge >= 0.3 is 5.97 Å². The lowest BCUT2D eigenvalue weighted by atomic mass is 9.46. The van der Waals surface area contributed by atoms with Crippen LogP contribution in [0, 0.1) is 46.3 Å². The molecule has 0 amide bonds. The first-order chi connectivity index (χ1) is 18.9. The molecule has 3 fully saturated rings. The van der Waals surface area contributed by atoms with Crippen molar-refractivity contribution >= 4 is 11.8 Å². The van der Waals surface area contributed by atoms with Crippen molar-refractivity contribution < 1.29 is 19.4 Å². The van der Waals surface area contributed by atoms with Gasteiger partial charge in [-0.1, -0.05) is 78.2 Å². The third kappa shape index (κ3) is 4.80. The maximum atomic E-state index is 13.8. The van der Waals surface area contributed by atoms with E-state index in [1.54, 1.807) is 12.1 Å². The SMILES string of the molecule is CC[C@H](CC[C@@H](C)[C@H]1CC[C@H]2C3=CC(=O)[C@@]4(O)C[C@@H](OC(=O)c5ccccc5)CC[C@]4(C)[C@H]3CC[C@]12C)C(C)C. The van der Waals surface area contributed by atoms with Gasteiger partial charge in [0.25, 0.3) is 0 Å². The van der Waals surface area contributed by atoms with Gasteiger partial charge in [-0.05, 0) is 104 Å². The zero-order valence-electron chi connectivity index (χ0n) is 25.7. The lowest BCUT2D eigenvalue weighted by molar-refractivity contribution is -0.181. The lowest BCUT2D eigenvalue weighted by Crippen LogP contribution is -2.64. The molecule has 0 heterocycles. The van der Waals surface area contributed by atoms with Crippen molar-refractivity contribution in [2.75, 3.05) is 0 Å². The Labute approximate surface area is 242 Å². The third-order valence-corrected chi connectivity index (χ3v) is 12.5. The highest BCUT2D eigenvalue weighted by molar-refractivity contribution is 6.00. The van der Waals surface area contributed by atoms with Crippen LogP contribution in [0.2, 0.25) is 0 Å². The first-order valence-electron chi connectivity index (χ1n) is 16.2. The Morgan fingerprint density at radius 2 is 1.73 bits per heavy atom. The van der Waals surface area contributed by atoms with Crippen molar-refractivity contribution in [3.05, 3.63) is 47.5 Å². The second-order valence-electron chi connectivity index (χ2n) is 14.7. The largest absolute Gasteiger partial charge is 0.459 e. The number of ether oxygens (including phenoxy) is 1. The van der Waals surface area contributed by atoms with Gasteiger partial charge in [-0.2, -0.15) is 0 Å². The molecule has 0 radical (unpaired) electrons. The topological polar surface area (TPSA) is 63.6 Å². The molecule has 1 aromatic carbocycles. The van der Waals surface area contributed by atoms with Crippen molar-refractivity contribution in [3.8, 4) is 0 Å². The molecule has 220 valence electrons. The van der Waals surface area contributed by atoms with Crippen LogP contribution < -0.4 is 0 Å². The molecule has 40 heavy (non-hydrogen) atoms. The monoisotopic (exact) mass is 548 g/mol. The zero-order valence-corrected chi connectivity index (χ0v) is 25.7. The van der Waals surface area contributed by atoms with E-state index in [1.165, 1.54) is 37.7 Å². The van der Waals surface area contributed by atoms with E-state index >= 15 is 0 Å². The van der Waals surface area contributed by atoms with Gasteiger partial charge in [0.15, 0.2) is 5.78 Å². The summed E-state index contributed by atoms with van der Waals surface area (Å²) in [5, 5.41) is 12.1.